The van der Waals surface area contributed by atoms with Gasteiger partial charge in [0.25, 0.3) is 5.91 Å². The van der Waals surface area contributed by atoms with Crippen LogP contribution < -0.4 is 25.4 Å². The number of ether oxygens (including phenoxy) is 2. The maximum absolute atomic E-state index is 14.3. The Morgan fingerprint density at radius 1 is 1.00 bits per heavy atom. The third-order valence-electron chi connectivity index (χ3n) is 13.2. The van der Waals surface area contributed by atoms with Crippen LogP contribution >= 0.6 is 27.3 Å². The van der Waals surface area contributed by atoms with Gasteiger partial charge >= 0.3 is 0 Å². The van der Waals surface area contributed by atoms with Crippen molar-refractivity contribution in [2.75, 3.05) is 50.5 Å². The molecule has 0 radical (unpaired) electrons. The number of benzene rings is 3. The highest BCUT2D eigenvalue weighted by Gasteiger charge is 2.46. The Kier molecular flexibility index (Phi) is 16.7. The topological polar surface area (TPSA) is 191 Å². The Labute approximate surface area is 421 Å². The predicted molar refractivity (Wildman–Crippen MR) is 273 cm³/mol. The number of carbonyl (C=O) groups excluding carboxylic acids is 4. The maximum Gasteiger partial charge on any atom is 0.255 e. The molecule has 5 aromatic rings. The molecule has 3 atom stereocenters. The molecular formula is C52H62BrN9O7S. The summed E-state index contributed by atoms with van der Waals surface area (Å²) < 4.78 is 13.2. The van der Waals surface area contributed by atoms with E-state index in [1.54, 1.807) is 28.5 Å². The number of aryl methyl sites for hydroxylation is 1. The van der Waals surface area contributed by atoms with Crippen LogP contribution in [0.5, 0.6) is 11.5 Å². The summed E-state index contributed by atoms with van der Waals surface area (Å²) in [5.74, 6) is 1.75. The lowest BCUT2D eigenvalue weighted by atomic mass is 9.84. The first-order valence-electron chi connectivity index (χ1n) is 24.2. The van der Waals surface area contributed by atoms with Gasteiger partial charge in [0.1, 0.15) is 29.4 Å². The fourth-order valence-electron chi connectivity index (χ4n) is 9.10. The van der Waals surface area contributed by atoms with Gasteiger partial charge in [0.15, 0.2) is 0 Å². The van der Waals surface area contributed by atoms with Crippen LogP contribution in [-0.2, 0) is 27.5 Å². The molecule has 1 saturated heterocycles. The van der Waals surface area contributed by atoms with Gasteiger partial charge in [-0.25, -0.2) is 9.97 Å². The van der Waals surface area contributed by atoms with Crippen LogP contribution in [0.4, 0.5) is 17.5 Å². The molecule has 3 aliphatic rings. The quantitative estimate of drug-likeness (QED) is 0.0490. The molecule has 2 fully saturated rings. The summed E-state index contributed by atoms with van der Waals surface area (Å²) in [5, 5.41) is 20.4. The minimum atomic E-state index is -0.902. The first kappa shape index (κ1) is 50.3. The zero-order valence-electron chi connectivity index (χ0n) is 40.2. The van der Waals surface area contributed by atoms with Gasteiger partial charge in [-0.15, -0.1) is 11.3 Å². The molecule has 3 aromatic carbocycles. The number of nitrogens with one attached hydrogen (secondary N) is 3. The van der Waals surface area contributed by atoms with E-state index in [4.69, 9.17) is 9.47 Å². The molecule has 0 spiro atoms. The second-order valence-corrected chi connectivity index (χ2v) is 20.3. The number of anilines is 3. The van der Waals surface area contributed by atoms with E-state index in [1.807, 2.05) is 98.9 Å². The number of hydrogen-bond acceptors (Lipinski definition) is 13. The highest BCUT2D eigenvalue weighted by molar-refractivity contribution is 9.10. The summed E-state index contributed by atoms with van der Waals surface area (Å²) in [7, 11) is 1.88. The largest absolute Gasteiger partial charge is 0.494 e. The minimum absolute atomic E-state index is 0.00555. The lowest BCUT2D eigenvalue weighted by molar-refractivity contribution is -0.143. The SMILES string of the molecule is Cc1ncsc1-c1ccc(CNC(=O)[C@@H]2C[C@@H](O)CN2C(=O)[C@H](C(C)C)N2Cc3ccccc3C2=O)c(OCCCCOc2ccc(Nc3ncc(Br)c(NCCCN(C)C(=O)C4CCC4)n3)cc2)c1. The number of halogens is 1. The van der Waals surface area contributed by atoms with Crippen molar-refractivity contribution in [2.45, 2.75) is 97.0 Å². The maximum atomic E-state index is 14.3. The van der Waals surface area contributed by atoms with Gasteiger partial charge in [-0.05, 0) is 108 Å². The van der Waals surface area contributed by atoms with Crippen molar-refractivity contribution < 1.29 is 33.8 Å². The third-order valence-corrected chi connectivity index (χ3v) is 14.7. The van der Waals surface area contributed by atoms with Crippen molar-refractivity contribution in [3.8, 4) is 21.9 Å². The Morgan fingerprint density at radius 2 is 1.77 bits per heavy atom. The van der Waals surface area contributed by atoms with Crippen LogP contribution in [0.3, 0.4) is 0 Å². The molecule has 0 bridgehead atoms. The first-order chi connectivity index (χ1) is 33.8. The molecule has 1 saturated carbocycles. The van der Waals surface area contributed by atoms with Crippen LogP contribution in [0.1, 0.15) is 86.0 Å². The van der Waals surface area contributed by atoms with Crippen LogP contribution in [0.15, 0.2) is 82.9 Å². The average Bonchev–Trinajstić information content (AvgIpc) is 4.05. The highest BCUT2D eigenvalue weighted by atomic mass is 79.9. The van der Waals surface area contributed by atoms with Gasteiger partial charge < -0.3 is 45.2 Å². The second kappa shape index (κ2) is 23.2. The number of carbonyl (C=O) groups is 4. The number of thiazole rings is 1. The molecule has 70 heavy (non-hydrogen) atoms. The number of nitrogens with zero attached hydrogens (tertiary/aromatic N) is 6. The zero-order chi connectivity index (χ0) is 49.3. The van der Waals surface area contributed by atoms with E-state index in [2.05, 4.69) is 46.8 Å². The van der Waals surface area contributed by atoms with Gasteiger partial charge in [0.2, 0.25) is 23.7 Å². The van der Waals surface area contributed by atoms with Gasteiger partial charge in [0, 0.05) is 75.1 Å². The van der Waals surface area contributed by atoms with Crippen LogP contribution in [0, 0.1) is 18.8 Å². The normalized spacial score (nSPS) is 17.0. The number of aliphatic hydroxyl groups excluding tert-OH is 1. The fraction of sp³-hybridized carbons (Fsp3) is 0.442. The number of β-amino-alcohol motifs (C(OH)–C–C–N with tert-alkyl or cyclic N) is 1. The van der Waals surface area contributed by atoms with Crippen LogP contribution in [0.25, 0.3) is 10.4 Å². The number of likely N-dealkylation sites (tertiary alicyclic amines) is 1. The number of fused-ring (bicyclic) bond motifs is 1. The molecule has 1 aliphatic carbocycles. The Bertz CT molecular complexity index is 2640. The number of amides is 4. The smallest absolute Gasteiger partial charge is 0.255 e. The van der Waals surface area contributed by atoms with E-state index >= 15 is 0 Å². The summed E-state index contributed by atoms with van der Waals surface area (Å²) in [5.41, 5.74) is 6.69. The molecule has 4 amide bonds. The highest BCUT2D eigenvalue weighted by Crippen LogP contribution is 2.34. The number of aliphatic hydroxyl groups is 1. The molecule has 2 aromatic heterocycles. The zero-order valence-corrected chi connectivity index (χ0v) is 42.6. The van der Waals surface area contributed by atoms with Crippen LogP contribution in [0.2, 0.25) is 0 Å². The first-order valence-corrected chi connectivity index (χ1v) is 25.8. The molecular weight excluding hydrogens is 975 g/mol. The molecule has 0 unspecified atom stereocenters. The van der Waals surface area contributed by atoms with Gasteiger partial charge in [-0.1, -0.05) is 50.6 Å². The minimum Gasteiger partial charge on any atom is -0.494 e. The monoisotopic (exact) mass is 1040 g/mol. The van der Waals surface area contributed by atoms with E-state index in [0.29, 0.717) is 62.3 Å². The second-order valence-electron chi connectivity index (χ2n) is 18.6. The summed E-state index contributed by atoms with van der Waals surface area (Å²) in [6.45, 7) is 8.45. The molecule has 16 nitrogen and oxygen atoms in total. The predicted octanol–water partition coefficient (Wildman–Crippen LogP) is 7.97. The Hall–Kier alpha value is -6.11. The third kappa shape index (κ3) is 12.1. The fourth-order valence-corrected chi connectivity index (χ4v) is 10.2. The standard InChI is InChI=1S/C52H62BrN9O7S/c1-32(2)45(62-29-37-11-5-6-14-41(37)50(62)66)51(67)61-30-39(63)26-43(61)48(64)55-27-36-16-15-35(46-33(3)57-31-70-46)25-44(36)69-24-8-7-23-68-40-19-17-38(18-20-40)58-52-56-28-42(53)47(59-52)54-21-10-22-60(4)49(65)34-12-9-13-34/h5-6,11,14-20,25,28,31-32,34,39,43,45,63H,7-10,12-13,21-24,26-27,29-30H2,1-4H3,(H,55,64)(H2,54,56,58,59)/t39-,43+,45+/m1/s1. The summed E-state index contributed by atoms with van der Waals surface area (Å²) in [6, 6.07) is 19.2. The molecule has 8 rings (SSSR count). The van der Waals surface area contributed by atoms with Crippen molar-refractivity contribution in [1.29, 1.82) is 0 Å². The molecule has 18 heteroatoms. The van der Waals surface area contributed by atoms with Gasteiger partial charge in [-0.3, -0.25) is 19.2 Å². The number of rotatable bonds is 22. The molecule has 4 heterocycles. The van der Waals surface area contributed by atoms with E-state index in [-0.39, 0.29) is 55.0 Å². The Balaban J connectivity index is 0.813. The summed E-state index contributed by atoms with van der Waals surface area (Å²) in [6.07, 6.45) is 6.32. The number of hydrogen-bond donors (Lipinski definition) is 4. The van der Waals surface area contributed by atoms with E-state index in [0.717, 1.165) is 75.3 Å². The summed E-state index contributed by atoms with van der Waals surface area (Å²) in [4.78, 5) is 73.5. The Morgan fingerprint density at radius 3 is 2.49 bits per heavy atom. The summed E-state index contributed by atoms with van der Waals surface area (Å²) >= 11 is 5.08. The van der Waals surface area contributed by atoms with Crippen molar-refractivity contribution in [2.24, 2.45) is 11.8 Å². The lowest BCUT2D eigenvalue weighted by Crippen LogP contribution is -2.55. The van der Waals surface area contributed by atoms with Crippen molar-refractivity contribution in [3.05, 3.63) is 105 Å². The van der Waals surface area contributed by atoms with Crippen molar-refractivity contribution in [3.63, 3.8) is 0 Å². The van der Waals surface area contributed by atoms with E-state index in [1.165, 1.54) is 4.90 Å². The van der Waals surface area contributed by atoms with Gasteiger partial charge in [0.05, 0.1) is 39.9 Å². The van der Waals surface area contributed by atoms with Crippen LogP contribution in [-0.4, -0.2) is 116 Å². The van der Waals surface area contributed by atoms with E-state index in [9.17, 15) is 24.3 Å². The molecule has 4 N–H and O–H groups in total. The van der Waals surface area contributed by atoms with E-state index < -0.39 is 18.2 Å². The number of aromatic nitrogens is 3. The van der Waals surface area contributed by atoms with Crippen molar-refractivity contribution in [1.82, 2.24) is 35.0 Å². The number of unbranched alkanes of at least 4 members (excludes halogenated alkanes) is 1. The average molecular weight is 1040 g/mol. The molecule has 2 aliphatic heterocycles. The lowest BCUT2D eigenvalue weighted by Gasteiger charge is -2.35. The molecule has 370 valence electrons. The van der Waals surface area contributed by atoms with Gasteiger partial charge in [-0.2, -0.15) is 4.98 Å². The van der Waals surface area contributed by atoms with Crippen molar-refractivity contribution >= 4 is 68.3 Å².